The summed E-state index contributed by atoms with van der Waals surface area (Å²) in [6.45, 7) is 2.46. The van der Waals surface area contributed by atoms with Crippen molar-refractivity contribution in [1.82, 2.24) is 9.80 Å². The average Bonchev–Trinajstić information content (AvgIpc) is 2.99. The van der Waals surface area contributed by atoms with Crippen molar-refractivity contribution in [1.29, 1.82) is 0 Å². The van der Waals surface area contributed by atoms with Crippen LogP contribution >= 0.6 is 0 Å². The summed E-state index contributed by atoms with van der Waals surface area (Å²) < 4.78 is 0. The molecule has 1 aliphatic rings. The quantitative estimate of drug-likeness (QED) is 0.195. The molecule has 0 bridgehead atoms. The molecular weight excluding hydrogens is 476 g/mol. The molecule has 200 valence electrons. The second kappa shape index (κ2) is 13.9. The van der Waals surface area contributed by atoms with Crippen molar-refractivity contribution < 1.29 is 4.79 Å². The smallest absolute Gasteiger partial charge is 0.244 e. The number of rotatable bonds is 12. The van der Waals surface area contributed by atoms with Crippen LogP contribution in [0.25, 0.3) is 0 Å². The predicted octanol–water partition coefficient (Wildman–Crippen LogP) is 7.49. The Labute approximate surface area is 234 Å². The van der Waals surface area contributed by atoms with Crippen molar-refractivity contribution in [2.24, 2.45) is 0 Å². The number of aryl methyl sites for hydroxylation is 2. The van der Waals surface area contributed by atoms with Crippen LogP contribution in [0.4, 0.5) is 0 Å². The van der Waals surface area contributed by atoms with Crippen molar-refractivity contribution >= 4 is 5.91 Å². The van der Waals surface area contributed by atoms with Crippen LogP contribution in [0.5, 0.6) is 0 Å². The summed E-state index contributed by atoms with van der Waals surface area (Å²) >= 11 is 0. The summed E-state index contributed by atoms with van der Waals surface area (Å²) in [6, 6.07) is 42.4. The number of carbonyl (C=O) groups excluding carboxylic acids is 1. The van der Waals surface area contributed by atoms with Crippen LogP contribution < -0.4 is 0 Å². The van der Waals surface area contributed by atoms with E-state index in [1.54, 1.807) is 0 Å². The molecule has 1 amide bonds. The van der Waals surface area contributed by atoms with E-state index in [4.69, 9.17) is 0 Å². The number of hydrogen-bond donors (Lipinski definition) is 0. The largest absolute Gasteiger partial charge is 0.337 e. The van der Waals surface area contributed by atoms with Gasteiger partial charge in [-0.15, -0.1) is 0 Å². The average molecular weight is 517 g/mol. The van der Waals surface area contributed by atoms with Crippen LogP contribution in [-0.4, -0.2) is 34.8 Å². The van der Waals surface area contributed by atoms with Crippen molar-refractivity contribution in [3.05, 3.63) is 144 Å². The molecule has 0 radical (unpaired) electrons. The standard InChI is InChI=1S/C36H40N2O/c39-36-35(33-23-11-4-12-24-33)37(29-32-19-9-3-10-20-32)27-28-38(36)34(25-13-21-30-15-5-1-6-16-30)26-14-22-31-17-7-2-8-18-31/h1-12,15-20,23-24,34-35H,13-14,21-22,25-29H2. The van der Waals surface area contributed by atoms with E-state index in [1.807, 2.05) is 6.07 Å². The van der Waals surface area contributed by atoms with Gasteiger partial charge in [-0.1, -0.05) is 121 Å². The second-order valence-corrected chi connectivity index (χ2v) is 10.7. The molecule has 1 fully saturated rings. The van der Waals surface area contributed by atoms with E-state index < -0.39 is 0 Å². The Morgan fingerprint density at radius 1 is 0.590 bits per heavy atom. The highest BCUT2D eigenvalue weighted by atomic mass is 16.2. The van der Waals surface area contributed by atoms with Crippen molar-refractivity contribution in [3.8, 4) is 0 Å². The molecule has 5 rings (SSSR count). The SMILES string of the molecule is O=C1C(c2ccccc2)N(Cc2ccccc2)CCN1C(CCCc1ccccc1)CCCc1ccccc1. The molecule has 39 heavy (non-hydrogen) atoms. The normalized spacial score (nSPS) is 16.1. The number of carbonyl (C=O) groups is 1. The second-order valence-electron chi connectivity index (χ2n) is 10.7. The Hall–Kier alpha value is -3.69. The van der Waals surface area contributed by atoms with Gasteiger partial charge in [-0.05, 0) is 60.8 Å². The molecule has 0 N–H and O–H groups in total. The van der Waals surface area contributed by atoms with Crippen molar-refractivity contribution in [3.63, 3.8) is 0 Å². The molecule has 0 saturated carbocycles. The molecule has 0 aliphatic carbocycles. The highest BCUT2D eigenvalue weighted by Crippen LogP contribution is 2.31. The van der Waals surface area contributed by atoms with Gasteiger partial charge >= 0.3 is 0 Å². The van der Waals surface area contributed by atoms with Gasteiger partial charge in [0.1, 0.15) is 6.04 Å². The van der Waals surface area contributed by atoms with E-state index in [0.717, 1.165) is 63.7 Å². The number of amides is 1. The van der Waals surface area contributed by atoms with E-state index >= 15 is 0 Å². The Kier molecular flexibility index (Phi) is 9.60. The summed E-state index contributed by atoms with van der Waals surface area (Å²) in [5.74, 6) is 0.257. The highest BCUT2D eigenvalue weighted by Gasteiger charge is 2.38. The fourth-order valence-electron chi connectivity index (χ4n) is 5.96. The number of nitrogens with zero attached hydrogens (tertiary/aromatic N) is 2. The molecule has 4 aromatic carbocycles. The van der Waals surface area contributed by atoms with Crippen LogP contribution in [0.1, 0.15) is 54.0 Å². The van der Waals surface area contributed by atoms with Crippen molar-refractivity contribution in [2.45, 2.75) is 57.2 Å². The minimum Gasteiger partial charge on any atom is -0.337 e. The van der Waals surface area contributed by atoms with E-state index in [9.17, 15) is 4.79 Å². The van der Waals surface area contributed by atoms with Gasteiger partial charge in [-0.25, -0.2) is 0 Å². The van der Waals surface area contributed by atoms with Gasteiger partial charge in [0.15, 0.2) is 0 Å². The lowest BCUT2D eigenvalue weighted by Gasteiger charge is -2.44. The van der Waals surface area contributed by atoms with E-state index in [1.165, 1.54) is 16.7 Å². The van der Waals surface area contributed by atoms with Crippen LogP contribution in [0.3, 0.4) is 0 Å². The lowest BCUT2D eigenvalue weighted by molar-refractivity contribution is -0.146. The van der Waals surface area contributed by atoms with Crippen LogP contribution in [-0.2, 0) is 24.2 Å². The summed E-state index contributed by atoms with van der Waals surface area (Å²) in [6.07, 6.45) is 6.37. The first-order valence-electron chi connectivity index (χ1n) is 14.5. The lowest BCUT2D eigenvalue weighted by atomic mass is 9.94. The van der Waals surface area contributed by atoms with Crippen LogP contribution in [0.2, 0.25) is 0 Å². The van der Waals surface area contributed by atoms with Gasteiger partial charge in [-0.3, -0.25) is 9.69 Å². The van der Waals surface area contributed by atoms with E-state index in [2.05, 4.69) is 125 Å². The zero-order valence-electron chi connectivity index (χ0n) is 22.9. The third-order valence-corrected chi connectivity index (χ3v) is 7.99. The molecule has 1 aliphatic heterocycles. The van der Waals surface area contributed by atoms with Gasteiger partial charge in [0.25, 0.3) is 0 Å². The first-order chi connectivity index (χ1) is 19.3. The molecule has 1 unspecified atom stereocenters. The van der Waals surface area contributed by atoms with Gasteiger partial charge in [0.05, 0.1) is 0 Å². The molecule has 3 heteroatoms. The fourth-order valence-corrected chi connectivity index (χ4v) is 5.96. The molecular formula is C36H40N2O. The predicted molar refractivity (Wildman–Crippen MR) is 160 cm³/mol. The molecule has 0 spiro atoms. The molecule has 1 heterocycles. The zero-order valence-corrected chi connectivity index (χ0v) is 22.9. The number of piperazine rings is 1. The summed E-state index contributed by atoms with van der Waals surface area (Å²) in [4.78, 5) is 18.9. The van der Waals surface area contributed by atoms with Gasteiger partial charge in [-0.2, -0.15) is 0 Å². The van der Waals surface area contributed by atoms with Crippen molar-refractivity contribution in [2.75, 3.05) is 13.1 Å². The highest BCUT2D eigenvalue weighted by molar-refractivity contribution is 5.84. The maximum absolute atomic E-state index is 14.3. The van der Waals surface area contributed by atoms with Crippen LogP contribution in [0.15, 0.2) is 121 Å². The molecule has 1 saturated heterocycles. The summed E-state index contributed by atoms with van der Waals surface area (Å²) in [5, 5.41) is 0. The number of hydrogen-bond acceptors (Lipinski definition) is 2. The Morgan fingerprint density at radius 3 is 1.56 bits per heavy atom. The van der Waals surface area contributed by atoms with Gasteiger partial charge in [0.2, 0.25) is 5.91 Å². The third-order valence-electron chi connectivity index (χ3n) is 7.99. The minimum absolute atomic E-state index is 0.245. The summed E-state index contributed by atoms with van der Waals surface area (Å²) in [5.41, 5.74) is 5.10. The maximum atomic E-state index is 14.3. The molecule has 3 nitrogen and oxygen atoms in total. The Morgan fingerprint density at radius 2 is 1.05 bits per heavy atom. The van der Waals surface area contributed by atoms with E-state index in [-0.39, 0.29) is 18.0 Å². The molecule has 0 aromatic heterocycles. The molecule has 1 atom stereocenters. The van der Waals surface area contributed by atoms with E-state index in [0.29, 0.717) is 0 Å². The monoisotopic (exact) mass is 516 g/mol. The molecule has 4 aromatic rings. The topological polar surface area (TPSA) is 23.6 Å². The minimum atomic E-state index is -0.245. The van der Waals surface area contributed by atoms with Gasteiger partial charge < -0.3 is 4.90 Å². The Balaban J connectivity index is 1.33. The maximum Gasteiger partial charge on any atom is 0.244 e. The first kappa shape index (κ1) is 26.9. The zero-order chi connectivity index (χ0) is 26.7. The van der Waals surface area contributed by atoms with Gasteiger partial charge in [0, 0.05) is 25.7 Å². The Bertz CT molecular complexity index is 1220. The third kappa shape index (κ3) is 7.46. The summed E-state index contributed by atoms with van der Waals surface area (Å²) in [7, 11) is 0. The van der Waals surface area contributed by atoms with Crippen LogP contribution in [0, 0.1) is 0 Å². The fraction of sp³-hybridized carbons (Fsp3) is 0.306. The lowest BCUT2D eigenvalue weighted by Crippen LogP contribution is -2.55. The number of benzene rings is 4. The first-order valence-corrected chi connectivity index (χ1v) is 14.5.